The lowest BCUT2D eigenvalue weighted by Crippen LogP contribution is -2.55. The van der Waals surface area contributed by atoms with Crippen LogP contribution in [0.4, 0.5) is 18.9 Å². The van der Waals surface area contributed by atoms with E-state index in [2.05, 4.69) is 4.72 Å². The maximum atomic E-state index is 12.9. The average molecular weight is 528 g/mol. The second kappa shape index (κ2) is 10.0. The van der Waals surface area contributed by atoms with Gasteiger partial charge in [-0.05, 0) is 48.2 Å². The van der Waals surface area contributed by atoms with Crippen molar-refractivity contribution in [1.29, 1.82) is 0 Å². The van der Waals surface area contributed by atoms with Crippen LogP contribution in [-0.2, 0) is 10.0 Å². The molecule has 1 aliphatic carbocycles. The number of nitrogens with one attached hydrogen (secondary N) is 1. The fourth-order valence-electron chi connectivity index (χ4n) is 4.13. The molecule has 0 aromatic heterocycles. The van der Waals surface area contributed by atoms with Gasteiger partial charge >= 0.3 is 6.18 Å². The molecule has 0 bridgehead atoms. The van der Waals surface area contributed by atoms with E-state index in [1.165, 1.54) is 12.1 Å². The predicted molar refractivity (Wildman–Crippen MR) is 128 cm³/mol. The van der Waals surface area contributed by atoms with Crippen LogP contribution in [0.3, 0.4) is 0 Å². The lowest BCUT2D eigenvalue weighted by atomic mass is 10.0. The summed E-state index contributed by atoms with van der Waals surface area (Å²) >= 11 is 0. The fourth-order valence-corrected chi connectivity index (χ4v) is 5.21. The summed E-state index contributed by atoms with van der Waals surface area (Å²) < 4.78 is 63.3. The Morgan fingerprint density at radius 3 is 2.25 bits per heavy atom. The normalized spacial score (nSPS) is 19.1. The average Bonchev–Trinajstić information content (AvgIpc) is 3.60. The first-order valence-electron chi connectivity index (χ1n) is 11.6. The molecule has 4 rings (SSSR count). The Morgan fingerprint density at radius 1 is 1.03 bits per heavy atom. The van der Waals surface area contributed by atoms with E-state index >= 15 is 0 Å². The van der Waals surface area contributed by atoms with Crippen LogP contribution in [0.1, 0.15) is 29.6 Å². The lowest BCUT2D eigenvalue weighted by Gasteiger charge is -2.38. The number of benzene rings is 2. The summed E-state index contributed by atoms with van der Waals surface area (Å²) in [5.74, 6) is -1.22. The molecule has 0 radical (unpaired) electrons. The highest BCUT2D eigenvalue weighted by molar-refractivity contribution is 7.92. The van der Waals surface area contributed by atoms with Crippen LogP contribution < -0.4 is 4.72 Å². The van der Waals surface area contributed by atoms with E-state index < -0.39 is 40.2 Å². The summed E-state index contributed by atoms with van der Waals surface area (Å²) in [6.45, 7) is 1.76. The fraction of sp³-hybridized carbons (Fsp3) is 0.458. The largest absolute Gasteiger partial charge is 0.390 e. The van der Waals surface area contributed by atoms with Gasteiger partial charge in [-0.25, -0.2) is 8.42 Å². The van der Waals surface area contributed by atoms with E-state index in [4.69, 9.17) is 0 Å². The Balaban J connectivity index is 1.36. The minimum absolute atomic E-state index is 0.144. The van der Waals surface area contributed by atoms with Crippen molar-refractivity contribution >= 4 is 21.6 Å². The first-order chi connectivity index (χ1) is 16.9. The number of sulfonamides is 1. The van der Waals surface area contributed by atoms with E-state index in [1.54, 1.807) is 46.2 Å². The minimum Gasteiger partial charge on any atom is -0.386 e. The van der Waals surface area contributed by atoms with Crippen LogP contribution in [0.2, 0.25) is 0 Å². The monoisotopic (exact) mass is 527 g/mol. The van der Waals surface area contributed by atoms with E-state index in [0.717, 1.165) is 0 Å². The highest BCUT2D eigenvalue weighted by atomic mass is 32.2. The van der Waals surface area contributed by atoms with Crippen LogP contribution in [0.5, 0.6) is 0 Å². The van der Waals surface area contributed by atoms with Crippen LogP contribution >= 0.6 is 0 Å². The molecule has 2 aromatic carbocycles. The van der Waals surface area contributed by atoms with Gasteiger partial charge in [0.25, 0.3) is 5.91 Å². The molecule has 2 aliphatic rings. The molecule has 1 atom stereocenters. The molecular weight excluding hydrogens is 499 g/mol. The maximum Gasteiger partial charge on any atom is 0.390 e. The van der Waals surface area contributed by atoms with Crippen LogP contribution in [0.15, 0.2) is 48.5 Å². The number of aliphatic hydroxyl groups is 2. The molecule has 3 N–H and O–H groups in total. The number of alkyl halides is 3. The topological polar surface area (TPSA) is 110 Å². The van der Waals surface area contributed by atoms with Crippen molar-refractivity contribution in [2.24, 2.45) is 0 Å². The molecule has 1 aliphatic heterocycles. The van der Waals surface area contributed by atoms with Crippen molar-refractivity contribution in [3.8, 4) is 11.1 Å². The van der Waals surface area contributed by atoms with Crippen molar-refractivity contribution in [1.82, 2.24) is 9.80 Å². The number of nitrogens with zero attached hydrogens (tertiary/aromatic N) is 2. The van der Waals surface area contributed by atoms with Crippen molar-refractivity contribution in [3.05, 3.63) is 54.1 Å². The van der Waals surface area contributed by atoms with E-state index in [9.17, 15) is 36.6 Å². The van der Waals surface area contributed by atoms with Gasteiger partial charge in [-0.3, -0.25) is 14.4 Å². The zero-order chi connectivity index (χ0) is 26.1. The summed E-state index contributed by atoms with van der Waals surface area (Å²) in [6.07, 6.45) is -5.77. The van der Waals surface area contributed by atoms with Gasteiger partial charge in [0.05, 0.1) is 12.2 Å². The van der Waals surface area contributed by atoms with Crippen LogP contribution in [0, 0.1) is 0 Å². The quantitative estimate of drug-likeness (QED) is 0.487. The third kappa shape index (κ3) is 6.55. The van der Waals surface area contributed by atoms with E-state index in [1.807, 2.05) is 0 Å². The van der Waals surface area contributed by atoms with Crippen molar-refractivity contribution in [2.75, 3.05) is 36.7 Å². The summed E-state index contributed by atoms with van der Waals surface area (Å²) in [7, 11) is -4.16. The number of carbonyl (C=O) groups excluding carboxylic acids is 1. The van der Waals surface area contributed by atoms with Gasteiger partial charge in [-0.2, -0.15) is 13.2 Å². The minimum atomic E-state index is -4.57. The Kier molecular flexibility index (Phi) is 7.33. The number of rotatable bonds is 8. The number of aliphatic hydroxyl groups excluding tert-OH is 1. The van der Waals surface area contributed by atoms with E-state index in [0.29, 0.717) is 55.7 Å². The molecule has 36 heavy (non-hydrogen) atoms. The molecule has 2 aromatic rings. The molecule has 0 spiro atoms. The molecule has 1 amide bonds. The standard InChI is InChI=1S/C24H28F3N3O5S/c25-24(26,27)10-15-36(34,35)28-20-3-1-2-19(16-20)17-4-6-18(7-5-17)21(31)29-11-13-30(14-12-29)22(32)23(33)8-9-23/h1-7,16,22,28,32-33H,8-15H2. The molecular formula is C24H28F3N3O5S. The number of amides is 1. The van der Waals surface area contributed by atoms with Gasteiger partial charge in [0, 0.05) is 37.4 Å². The molecule has 1 heterocycles. The van der Waals surface area contributed by atoms with Crippen molar-refractivity contribution in [3.63, 3.8) is 0 Å². The number of hydrogen-bond donors (Lipinski definition) is 3. The summed E-state index contributed by atoms with van der Waals surface area (Å²) in [6, 6.07) is 13.0. The highest BCUT2D eigenvalue weighted by Crippen LogP contribution is 2.39. The number of hydrogen-bond acceptors (Lipinski definition) is 6. The summed E-state index contributed by atoms with van der Waals surface area (Å²) in [4.78, 5) is 16.4. The number of anilines is 1. The second-order valence-electron chi connectivity index (χ2n) is 9.25. The number of halogens is 3. The Morgan fingerprint density at radius 2 is 1.67 bits per heavy atom. The molecule has 12 heteroatoms. The molecule has 8 nitrogen and oxygen atoms in total. The van der Waals surface area contributed by atoms with Gasteiger partial charge in [-0.15, -0.1) is 0 Å². The number of carbonyl (C=O) groups is 1. The predicted octanol–water partition coefficient (Wildman–Crippen LogP) is 2.65. The van der Waals surface area contributed by atoms with Gasteiger partial charge in [-0.1, -0.05) is 24.3 Å². The van der Waals surface area contributed by atoms with Crippen LogP contribution in [-0.4, -0.2) is 84.3 Å². The van der Waals surface area contributed by atoms with Crippen molar-refractivity contribution < 1.29 is 36.6 Å². The molecule has 196 valence electrons. The molecule has 2 fully saturated rings. The zero-order valence-electron chi connectivity index (χ0n) is 19.4. The van der Waals surface area contributed by atoms with Gasteiger partial charge in [0.2, 0.25) is 10.0 Å². The van der Waals surface area contributed by atoms with Gasteiger partial charge < -0.3 is 15.1 Å². The van der Waals surface area contributed by atoms with E-state index in [-0.39, 0.29) is 11.6 Å². The molecule has 1 saturated heterocycles. The first kappa shape index (κ1) is 26.4. The summed E-state index contributed by atoms with van der Waals surface area (Å²) in [5, 5.41) is 20.4. The van der Waals surface area contributed by atoms with Crippen LogP contribution in [0.25, 0.3) is 11.1 Å². The first-order valence-corrected chi connectivity index (χ1v) is 13.2. The Labute approximate surface area is 207 Å². The third-order valence-electron chi connectivity index (χ3n) is 6.45. The maximum absolute atomic E-state index is 12.9. The molecule has 1 unspecified atom stereocenters. The smallest absolute Gasteiger partial charge is 0.386 e. The number of piperazine rings is 1. The van der Waals surface area contributed by atoms with Gasteiger partial charge in [0.15, 0.2) is 0 Å². The Bertz CT molecular complexity index is 1190. The SMILES string of the molecule is O=C(c1ccc(-c2cccc(NS(=O)(=O)CCC(F)(F)F)c2)cc1)N1CCN(C(O)C2(O)CC2)CC1. The highest BCUT2D eigenvalue weighted by Gasteiger charge is 2.50. The second-order valence-corrected chi connectivity index (χ2v) is 11.1. The molecule has 1 saturated carbocycles. The van der Waals surface area contributed by atoms with Crippen molar-refractivity contribution in [2.45, 2.75) is 37.3 Å². The van der Waals surface area contributed by atoms with Gasteiger partial charge in [0.1, 0.15) is 11.8 Å². The zero-order valence-corrected chi connectivity index (χ0v) is 20.2. The Hall–Kier alpha value is -2.67. The lowest BCUT2D eigenvalue weighted by molar-refractivity contribution is -0.129. The third-order valence-corrected chi connectivity index (χ3v) is 7.73. The summed E-state index contributed by atoms with van der Waals surface area (Å²) in [5.41, 5.74) is 0.921.